The molecule has 2 fully saturated rings. The summed E-state index contributed by atoms with van der Waals surface area (Å²) in [5.41, 5.74) is -1.66. The van der Waals surface area contributed by atoms with E-state index in [9.17, 15) is 9.59 Å². The van der Waals surface area contributed by atoms with Gasteiger partial charge in [0.2, 0.25) is 11.8 Å². The van der Waals surface area contributed by atoms with Crippen LogP contribution in [0.15, 0.2) is 12.7 Å². The van der Waals surface area contributed by atoms with Crippen LogP contribution in [0.4, 0.5) is 4.39 Å². The molecule has 27 heavy (non-hydrogen) atoms. The lowest BCUT2D eigenvalue weighted by atomic mass is 9.77. The van der Waals surface area contributed by atoms with Crippen LogP contribution in [0.25, 0.3) is 0 Å². The fourth-order valence-electron chi connectivity index (χ4n) is 5.02. The third-order valence-corrected chi connectivity index (χ3v) is 5.94. The summed E-state index contributed by atoms with van der Waals surface area (Å²) in [6.45, 7) is 10.8. The van der Waals surface area contributed by atoms with Crippen LogP contribution in [-0.4, -0.2) is 49.1 Å². The molecule has 154 valence electrons. The minimum absolute atomic E-state index is 0.151. The molecule has 6 nitrogen and oxygen atoms in total. The maximum Gasteiger partial charge on any atom is 0.246 e. The Balaban J connectivity index is 2.48. The van der Waals surface area contributed by atoms with Crippen molar-refractivity contribution < 1.29 is 23.5 Å². The van der Waals surface area contributed by atoms with Gasteiger partial charge in [0.15, 0.2) is 12.0 Å². The average Bonchev–Trinajstić information content (AvgIpc) is 2.98. The number of carbonyl (C=O) groups excluding carboxylic acids is 2. The quantitative estimate of drug-likeness (QED) is 0.544. The Morgan fingerprint density at radius 2 is 1.85 bits per heavy atom. The minimum Gasteiger partial charge on any atom is -0.351 e. The van der Waals surface area contributed by atoms with Gasteiger partial charge in [-0.05, 0) is 39.5 Å². The SMILES string of the molecule is C=CC[C@H]1[C@H]2[C@H](CC(OC)(OC)[C@@H]2F)C[C@@]1(NC(C)=O)C(=O)NC(C)(C)C. The Kier molecular flexibility index (Phi) is 6.07. The standard InChI is InChI=1S/C20H33FN2O4/c1-8-9-14-15-13(11-20(26-6,27-7)16(15)21)10-19(14,22-12(2)24)17(25)23-18(3,4)5/h8,13-16H,1,9-11H2,2-7H3,(H,22,24)(H,23,25)/t13-,14-,15+,16+,19-/m0/s1. The molecule has 2 aliphatic rings. The normalized spacial score (nSPS) is 34.8. The van der Waals surface area contributed by atoms with Gasteiger partial charge in [0.1, 0.15) is 5.54 Å². The second-order valence-corrected chi connectivity index (χ2v) is 8.86. The highest BCUT2D eigenvalue weighted by Crippen LogP contribution is 2.59. The van der Waals surface area contributed by atoms with E-state index < -0.39 is 34.9 Å². The first kappa shape index (κ1) is 21.8. The lowest BCUT2D eigenvalue weighted by molar-refractivity contribution is -0.238. The largest absolute Gasteiger partial charge is 0.351 e. The van der Waals surface area contributed by atoms with E-state index in [-0.39, 0.29) is 17.7 Å². The lowest BCUT2D eigenvalue weighted by Gasteiger charge is -2.40. The molecule has 2 N–H and O–H groups in total. The summed E-state index contributed by atoms with van der Waals surface area (Å²) in [4.78, 5) is 25.3. The first-order chi connectivity index (χ1) is 12.5. The first-order valence-electron chi connectivity index (χ1n) is 9.43. The maximum atomic E-state index is 15.5. The second kappa shape index (κ2) is 7.51. The Morgan fingerprint density at radius 3 is 2.30 bits per heavy atom. The number of halogens is 1. The minimum atomic E-state index is -1.40. The Labute approximate surface area is 161 Å². The average molecular weight is 384 g/mol. The maximum absolute atomic E-state index is 15.5. The summed E-state index contributed by atoms with van der Waals surface area (Å²) < 4.78 is 26.3. The summed E-state index contributed by atoms with van der Waals surface area (Å²) in [6, 6.07) is 0. The molecule has 2 aliphatic carbocycles. The van der Waals surface area contributed by atoms with E-state index in [1.165, 1.54) is 21.1 Å². The molecular formula is C20H33FN2O4. The summed E-state index contributed by atoms with van der Waals surface area (Å²) in [6.07, 6.45) is 1.36. The van der Waals surface area contributed by atoms with Crippen molar-refractivity contribution in [2.24, 2.45) is 17.8 Å². The predicted molar refractivity (Wildman–Crippen MR) is 101 cm³/mol. The van der Waals surface area contributed by atoms with Gasteiger partial charge in [-0.2, -0.15) is 0 Å². The first-order valence-corrected chi connectivity index (χ1v) is 9.43. The highest BCUT2D eigenvalue weighted by atomic mass is 19.1. The molecule has 0 aliphatic heterocycles. The predicted octanol–water partition coefficient (Wildman–Crippen LogP) is 2.34. The van der Waals surface area contributed by atoms with Crippen molar-refractivity contribution in [2.75, 3.05) is 14.2 Å². The van der Waals surface area contributed by atoms with Crippen LogP contribution < -0.4 is 10.6 Å². The van der Waals surface area contributed by atoms with E-state index in [1.807, 2.05) is 20.8 Å². The Hall–Kier alpha value is -1.47. The van der Waals surface area contributed by atoms with Gasteiger partial charge < -0.3 is 20.1 Å². The number of rotatable bonds is 6. The van der Waals surface area contributed by atoms with Crippen LogP contribution in [0, 0.1) is 17.8 Å². The molecular weight excluding hydrogens is 351 g/mol. The van der Waals surface area contributed by atoms with Crippen molar-refractivity contribution >= 4 is 11.8 Å². The highest BCUT2D eigenvalue weighted by Gasteiger charge is 2.68. The zero-order valence-corrected chi connectivity index (χ0v) is 17.2. The molecule has 0 aromatic carbocycles. The molecule has 0 aromatic heterocycles. The van der Waals surface area contributed by atoms with Gasteiger partial charge in [-0.15, -0.1) is 6.58 Å². The van der Waals surface area contributed by atoms with Gasteiger partial charge in [0, 0.05) is 44.9 Å². The van der Waals surface area contributed by atoms with Crippen LogP contribution in [0.1, 0.15) is 47.0 Å². The number of alkyl halides is 1. The fraction of sp³-hybridized carbons (Fsp3) is 0.800. The summed E-state index contributed by atoms with van der Waals surface area (Å²) in [5.74, 6) is -2.96. The molecule has 0 spiro atoms. The van der Waals surface area contributed by atoms with Crippen molar-refractivity contribution in [1.29, 1.82) is 0 Å². The molecule has 7 heteroatoms. The molecule has 0 bridgehead atoms. The molecule has 0 radical (unpaired) electrons. The van der Waals surface area contributed by atoms with Gasteiger partial charge in [0.25, 0.3) is 0 Å². The van der Waals surface area contributed by atoms with Gasteiger partial charge in [-0.1, -0.05) is 6.08 Å². The van der Waals surface area contributed by atoms with Crippen molar-refractivity contribution in [1.82, 2.24) is 10.6 Å². The molecule has 2 amide bonds. The number of hydrogen-bond donors (Lipinski definition) is 2. The third-order valence-electron chi connectivity index (χ3n) is 5.94. The molecule has 0 saturated heterocycles. The number of allylic oxidation sites excluding steroid dienone is 1. The van der Waals surface area contributed by atoms with Crippen LogP contribution in [-0.2, 0) is 19.1 Å². The molecule has 5 atom stereocenters. The smallest absolute Gasteiger partial charge is 0.246 e. The monoisotopic (exact) mass is 384 g/mol. The van der Waals surface area contributed by atoms with E-state index in [1.54, 1.807) is 6.08 Å². The third kappa shape index (κ3) is 3.76. The second-order valence-electron chi connectivity index (χ2n) is 8.86. The number of hydrogen-bond acceptors (Lipinski definition) is 4. The van der Waals surface area contributed by atoms with Crippen molar-refractivity contribution in [3.8, 4) is 0 Å². The van der Waals surface area contributed by atoms with E-state index in [2.05, 4.69) is 17.2 Å². The van der Waals surface area contributed by atoms with Gasteiger partial charge in [-0.3, -0.25) is 9.59 Å². The summed E-state index contributed by atoms with van der Waals surface area (Å²) in [7, 11) is 2.88. The van der Waals surface area contributed by atoms with Crippen LogP contribution in [0.3, 0.4) is 0 Å². The van der Waals surface area contributed by atoms with E-state index in [4.69, 9.17) is 9.47 Å². The van der Waals surface area contributed by atoms with Crippen molar-refractivity contribution in [3.63, 3.8) is 0 Å². The number of fused-ring (bicyclic) bond motifs is 1. The zero-order chi connectivity index (χ0) is 20.6. The number of amides is 2. The molecule has 0 unspecified atom stereocenters. The Morgan fingerprint density at radius 1 is 1.26 bits per heavy atom. The van der Waals surface area contributed by atoms with Crippen molar-refractivity contribution in [3.05, 3.63) is 12.7 Å². The van der Waals surface area contributed by atoms with Gasteiger partial charge in [-0.25, -0.2) is 4.39 Å². The number of nitrogens with one attached hydrogen (secondary N) is 2. The molecule has 2 saturated carbocycles. The van der Waals surface area contributed by atoms with Crippen LogP contribution >= 0.6 is 0 Å². The summed E-state index contributed by atoms with van der Waals surface area (Å²) >= 11 is 0. The fourth-order valence-corrected chi connectivity index (χ4v) is 5.02. The Bertz CT molecular complexity index is 599. The number of carbonyl (C=O) groups is 2. The van der Waals surface area contributed by atoms with Crippen LogP contribution in [0.5, 0.6) is 0 Å². The summed E-state index contributed by atoms with van der Waals surface area (Å²) in [5, 5.41) is 5.85. The van der Waals surface area contributed by atoms with E-state index in [0.717, 1.165) is 0 Å². The highest BCUT2D eigenvalue weighted by molar-refractivity contribution is 5.92. The molecule has 0 heterocycles. The topological polar surface area (TPSA) is 76.7 Å². The van der Waals surface area contributed by atoms with Gasteiger partial charge in [0.05, 0.1) is 0 Å². The van der Waals surface area contributed by atoms with E-state index >= 15 is 4.39 Å². The van der Waals surface area contributed by atoms with Crippen molar-refractivity contribution in [2.45, 2.75) is 70.0 Å². The zero-order valence-electron chi connectivity index (χ0n) is 17.2. The molecule has 0 aromatic rings. The van der Waals surface area contributed by atoms with E-state index in [0.29, 0.717) is 19.3 Å². The van der Waals surface area contributed by atoms with Crippen LogP contribution in [0.2, 0.25) is 0 Å². The molecule has 2 rings (SSSR count). The lowest BCUT2D eigenvalue weighted by Crippen LogP contribution is -2.64. The number of methoxy groups -OCH3 is 2. The van der Waals surface area contributed by atoms with Gasteiger partial charge >= 0.3 is 0 Å². The number of ether oxygens (including phenoxy) is 2.